The van der Waals surface area contributed by atoms with Gasteiger partial charge in [0.1, 0.15) is 11.4 Å². The van der Waals surface area contributed by atoms with Crippen LogP contribution in [-0.4, -0.2) is 58.1 Å². The molecule has 0 saturated carbocycles. The first-order valence-electron chi connectivity index (χ1n) is 8.70. The third-order valence-corrected chi connectivity index (χ3v) is 4.68. The normalized spacial score (nSPS) is 15.3. The summed E-state index contributed by atoms with van der Waals surface area (Å²) in [7, 11) is 1.85. The molecule has 28 heavy (non-hydrogen) atoms. The van der Waals surface area contributed by atoms with Crippen molar-refractivity contribution in [3.05, 3.63) is 42.4 Å². The molecule has 1 amide bonds. The third-order valence-electron chi connectivity index (χ3n) is 4.68. The molecule has 10 heteroatoms. The number of aryl methyl sites for hydroxylation is 1. The number of aromatic amines is 1. The molecule has 3 aromatic rings. The Labute approximate surface area is 158 Å². The fourth-order valence-electron chi connectivity index (χ4n) is 3.33. The van der Waals surface area contributed by atoms with Gasteiger partial charge in [-0.2, -0.15) is 5.10 Å². The van der Waals surface area contributed by atoms with Crippen LogP contribution in [0.15, 0.2) is 36.7 Å². The maximum absolute atomic E-state index is 12.8. The fraction of sp³-hybridized carbons (Fsp3) is 0.333. The molecule has 0 atom stereocenters. The average molecular weight is 393 g/mol. The monoisotopic (exact) mass is 393 g/mol. The second kappa shape index (κ2) is 6.77. The van der Waals surface area contributed by atoms with Gasteiger partial charge in [0.15, 0.2) is 0 Å². The van der Waals surface area contributed by atoms with Crippen molar-refractivity contribution < 1.29 is 22.7 Å². The van der Waals surface area contributed by atoms with E-state index in [-0.39, 0.29) is 11.7 Å². The molecule has 3 heterocycles. The highest BCUT2D eigenvalue weighted by atomic mass is 19.4. The molecule has 0 bridgehead atoms. The minimum absolute atomic E-state index is 0.180. The molecule has 0 unspecified atom stereocenters. The summed E-state index contributed by atoms with van der Waals surface area (Å²) >= 11 is 0. The summed E-state index contributed by atoms with van der Waals surface area (Å²) in [6, 6.07) is 5.59. The summed E-state index contributed by atoms with van der Waals surface area (Å²) in [6.07, 6.45) is -1.04. The van der Waals surface area contributed by atoms with Crippen LogP contribution in [0.4, 0.5) is 18.9 Å². The summed E-state index contributed by atoms with van der Waals surface area (Å²) in [5.74, 6) is -0.508. The number of H-pyrrole nitrogens is 1. The molecule has 1 fully saturated rings. The number of piperazine rings is 1. The lowest BCUT2D eigenvalue weighted by Crippen LogP contribution is -2.48. The number of carbonyl (C=O) groups excluding carboxylic acids is 1. The summed E-state index contributed by atoms with van der Waals surface area (Å²) < 4.78 is 42.8. The standard InChI is InChI=1S/C18H18F3N5O2/c1-24-11-13(10-22-24)25-4-6-26(7-5-25)17(27)16-8-12-2-3-14(9-15(12)23-16)28-18(19,20)21/h2-3,8-11,23H,4-7H2,1H3. The van der Waals surface area contributed by atoms with E-state index in [2.05, 4.69) is 19.7 Å². The van der Waals surface area contributed by atoms with Gasteiger partial charge in [-0.3, -0.25) is 9.48 Å². The molecular formula is C18H18F3N5O2. The van der Waals surface area contributed by atoms with Crippen molar-refractivity contribution in [2.24, 2.45) is 7.05 Å². The third kappa shape index (κ3) is 3.75. The summed E-state index contributed by atoms with van der Waals surface area (Å²) in [5.41, 5.74) is 1.77. The minimum atomic E-state index is -4.76. The number of alkyl halides is 3. The summed E-state index contributed by atoms with van der Waals surface area (Å²) in [4.78, 5) is 19.6. The Balaban J connectivity index is 1.45. The zero-order valence-corrected chi connectivity index (χ0v) is 15.0. The number of halogens is 3. The molecule has 7 nitrogen and oxygen atoms in total. The van der Waals surface area contributed by atoms with Gasteiger partial charge in [0.2, 0.25) is 0 Å². The lowest BCUT2D eigenvalue weighted by molar-refractivity contribution is -0.274. The zero-order valence-electron chi connectivity index (χ0n) is 15.0. The number of benzene rings is 1. The van der Waals surface area contributed by atoms with Gasteiger partial charge in [-0.05, 0) is 18.2 Å². The maximum atomic E-state index is 12.8. The average Bonchev–Trinajstić information content (AvgIpc) is 3.26. The molecule has 1 aliphatic rings. The van der Waals surface area contributed by atoms with Crippen molar-refractivity contribution in [1.82, 2.24) is 19.7 Å². The largest absolute Gasteiger partial charge is 0.573 e. The van der Waals surface area contributed by atoms with Crippen LogP contribution in [0.3, 0.4) is 0 Å². The molecule has 4 rings (SSSR count). The molecule has 0 radical (unpaired) electrons. The first-order valence-corrected chi connectivity index (χ1v) is 8.70. The van der Waals surface area contributed by atoms with Gasteiger partial charge < -0.3 is 19.5 Å². The number of nitrogens with zero attached hydrogens (tertiary/aromatic N) is 4. The highest BCUT2D eigenvalue weighted by Crippen LogP contribution is 2.27. The van der Waals surface area contributed by atoms with Crippen LogP contribution in [0.5, 0.6) is 5.75 Å². The predicted molar refractivity (Wildman–Crippen MR) is 96.3 cm³/mol. The molecule has 1 aliphatic heterocycles. The second-order valence-electron chi connectivity index (χ2n) is 6.63. The van der Waals surface area contributed by atoms with Crippen LogP contribution in [0.1, 0.15) is 10.5 Å². The number of hydrogen-bond acceptors (Lipinski definition) is 4. The molecule has 148 valence electrons. The van der Waals surface area contributed by atoms with Crippen LogP contribution in [-0.2, 0) is 7.05 Å². The first-order chi connectivity index (χ1) is 13.3. The molecule has 0 aliphatic carbocycles. The quantitative estimate of drug-likeness (QED) is 0.743. The van der Waals surface area contributed by atoms with E-state index in [0.29, 0.717) is 42.8 Å². The van der Waals surface area contributed by atoms with Crippen LogP contribution in [0.25, 0.3) is 10.9 Å². The van der Waals surface area contributed by atoms with Crippen LogP contribution in [0.2, 0.25) is 0 Å². The highest BCUT2D eigenvalue weighted by molar-refractivity contribution is 5.98. The highest BCUT2D eigenvalue weighted by Gasteiger charge is 2.31. The van der Waals surface area contributed by atoms with E-state index in [4.69, 9.17) is 0 Å². The van der Waals surface area contributed by atoms with E-state index in [1.807, 2.05) is 13.2 Å². The van der Waals surface area contributed by atoms with Crippen molar-refractivity contribution >= 4 is 22.5 Å². The van der Waals surface area contributed by atoms with Crippen molar-refractivity contribution in [2.45, 2.75) is 6.36 Å². The lowest BCUT2D eigenvalue weighted by atomic mass is 10.2. The SMILES string of the molecule is Cn1cc(N2CCN(C(=O)c3cc4ccc(OC(F)(F)F)cc4[nH]3)CC2)cn1. The number of carbonyl (C=O) groups is 1. The Morgan fingerprint density at radius 1 is 1.18 bits per heavy atom. The Morgan fingerprint density at radius 2 is 1.93 bits per heavy atom. The van der Waals surface area contributed by atoms with Gasteiger partial charge >= 0.3 is 6.36 Å². The van der Waals surface area contributed by atoms with Crippen LogP contribution >= 0.6 is 0 Å². The Bertz CT molecular complexity index is 1000. The molecular weight excluding hydrogens is 375 g/mol. The molecule has 1 saturated heterocycles. The molecule has 2 aromatic heterocycles. The Kier molecular flexibility index (Phi) is 4.40. The summed E-state index contributed by atoms with van der Waals surface area (Å²) in [5, 5.41) is 4.80. The van der Waals surface area contributed by atoms with Crippen molar-refractivity contribution in [1.29, 1.82) is 0 Å². The zero-order chi connectivity index (χ0) is 19.9. The number of ether oxygens (including phenoxy) is 1. The molecule has 1 aromatic carbocycles. The van der Waals surface area contributed by atoms with Gasteiger partial charge in [0.05, 0.1) is 11.9 Å². The van der Waals surface area contributed by atoms with Gasteiger partial charge in [0.25, 0.3) is 5.91 Å². The number of fused-ring (bicyclic) bond motifs is 1. The van der Waals surface area contributed by atoms with Crippen molar-refractivity contribution in [2.75, 3.05) is 31.1 Å². The number of amides is 1. The number of nitrogens with one attached hydrogen (secondary N) is 1. The van der Waals surface area contributed by atoms with Gasteiger partial charge in [-0.1, -0.05) is 0 Å². The smallest absolute Gasteiger partial charge is 0.406 e. The maximum Gasteiger partial charge on any atom is 0.573 e. The number of rotatable bonds is 3. The van der Waals surface area contributed by atoms with E-state index in [0.717, 1.165) is 5.69 Å². The fourth-order valence-corrected chi connectivity index (χ4v) is 3.33. The predicted octanol–water partition coefficient (Wildman–Crippen LogP) is 2.76. The van der Waals surface area contributed by atoms with E-state index in [9.17, 15) is 18.0 Å². The summed E-state index contributed by atoms with van der Waals surface area (Å²) in [6.45, 7) is 2.46. The van der Waals surface area contributed by atoms with E-state index in [1.165, 1.54) is 18.2 Å². The second-order valence-corrected chi connectivity index (χ2v) is 6.63. The topological polar surface area (TPSA) is 66.4 Å². The first kappa shape index (κ1) is 18.2. The van der Waals surface area contributed by atoms with E-state index in [1.54, 1.807) is 21.8 Å². The van der Waals surface area contributed by atoms with E-state index < -0.39 is 6.36 Å². The number of anilines is 1. The minimum Gasteiger partial charge on any atom is -0.406 e. The number of aromatic nitrogens is 3. The van der Waals surface area contributed by atoms with Gasteiger partial charge in [-0.25, -0.2) is 0 Å². The van der Waals surface area contributed by atoms with Gasteiger partial charge in [0, 0.05) is 56.4 Å². The van der Waals surface area contributed by atoms with Crippen molar-refractivity contribution in [3.8, 4) is 5.75 Å². The van der Waals surface area contributed by atoms with Crippen LogP contribution < -0.4 is 9.64 Å². The number of hydrogen-bond donors (Lipinski definition) is 1. The molecule has 1 N–H and O–H groups in total. The lowest BCUT2D eigenvalue weighted by Gasteiger charge is -2.35. The Morgan fingerprint density at radius 3 is 2.57 bits per heavy atom. The van der Waals surface area contributed by atoms with E-state index >= 15 is 0 Å². The van der Waals surface area contributed by atoms with Gasteiger partial charge in [-0.15, -0.1) is 13.2 Å². The van der Waals surface area contributed by atoms with Crippen LogP contribution in [0, 0.1) is 0 Å². The Hall–Kier alpha value is -3.17. The van der Waals surface area contributed by atoms with Crippen molar-refractivity contribution in [3.63, 3.8) is 0 Å². The molecule has 0 spiro atoms.